The predicted molar refractivity (Wildman–Crippen MR) is 181 cm³/mol. The molecule has 0 saturated carbocycles. The Labute approximate surface area is 281 Å². The number of aliphatic hydroxyl groups excluding tert-OH is 1. The number of aliphatic imine (C=N–C) groups is 1. The molecule has 0 fully saturated rings. The summed E-state index contributed by atoms with van der Waals surface area (Å²) in [5, 5.41) is 16.7. The number of ether oxygens (including phenoxy) is 2. The first-order valence-corrected chi connectivity index (χ1v) is 15.6. The van der Waals surface area contributed by atoms with Crippen molar-refractivity contribution in [3.63, 3.8) is 0 Å². The maximum Gasteiger partial charge on any atom is 0.266 e. The molecule has 49 heavy (non-hydrogen) atoms. The van der Waals surface area contributed by atoms with Crippen LogP contribution in [-0.2, 0) is 28.9 Å². The number of benzene rings is 4. The van der Waals surface area contributed by atoms with E-state index in [0.717, 1.165) is 5.56 Å². The summed E-state index contributed by atoms with van der Waals surface area (Å²) in [5.74, 6) is -0.0821. The Morgan fingerprint density at radius 1 is 0.980 bits per heavy atom. The van der Waals surface area contributed by atoms with Gasteiger partial charge in [0.25, 0.3) is 5.91 Å². The molecular weight excluding hydrogens is 629 g/mol. The third kappa shape index (κ3) is 8.52. The molecule has 250 valence electrons. The number of azide groups is 2. The van der Waals surface area contributed by atoms with Gasteiger partial charge in [0, 0.05) is 47.1 Å². The number of hydrazine groups is 1. The lowest BCUT2D eigenvalue weighted by atomic mass is 9.80. The molecule has 0 bridgehead atoms. The van der Waals surface area contributed by atoms with Gasteiger partial charge in [-0.25, -0.2) is 14.8 Å². The van der Waals surface area contributed by atoms with Crippen LogP contribution in [0.4, 0.5) is 10.1 Å². The molecule has 0 spiro atoms. The van der Waals surface area contributed by atoms with Crippen LogP contribution in [0.15, 0.2) is 112 Å². The zero-order chi connectivity index (χ0) is 34.5. The van der Waals surface area contributed by atoms with Crippen molar-refractivity contribution in [2.75, 3.05) is 19.8 Å². The molecular formula is C35H34FN9O4. The number of carbonyl (C=O) groups is 1. The van der Waals surface area contributed by atoms with E-state index in [1.54, 1.807) is 84.9 Å². The molecule has 14 heteroatoms. The van der Waals surface area contributed by atoms with Gasteiger partial charge in [-0.1, -0.05) is 70.9 Å². The average Bonchev–Trinajstić information content (AvgIpc) is 3.51. The van der Waals surface area contributed by atoms with Crippen LogP contribution in [0.2, 0.25) is 0 Å². The molecule has 4 aromatic carbocycles. The average molecular weight is 664 g/mol. The summed E-state index contributed by atoms with van der Waals surface area (Å²) < 4.78 is 25.7. The number of nitrogens with one attached hydrogen (secondary N) is 2. The molecule has 0 aromatic heterocycles. The van der Waals surface area contributed by atoms with Crippen LogP contribution < -0.4 is 15.6 Å². The lowest BCUT2D eigenvalue weighted by Crippen LogP contribution is -2.54. The minimum atomic E-state index is -1.65. The summed E-state index contributed by atoms with van der Waals surface area (Å²) >= 11 is 0. The van der Waals surface area contributed by atoms with Gasteiger partial charge in [-0.15, -0.1) is 0 Å². The molecule has 0 saturated heterocycles. The SMILES string of the molecule is [N-]=[N+]=NCc1ccccc1[C@@H]1OC(c2ccc(OCCCO)cc2)=N[C@]1(Cc1ccccc1N=[N+]=[N-])C(=O)NNCCc1ccc(F)cc1. The van der Waals surface area contributed by atoms with E-state index in [0.29, 0.717) is 59.7 Å². The van der Waals surface area contributed by atoms with Crippen LogP contribution in [0, 0.1) is 5.82 Å². The highest BCUT2D eigenvalue weighted by atomic mass is 19.1. The van der Waals surface area contributed by atoms with Gasteiger partial charge >= 0.3 is 0 Å². The number of amides is 1. The van der Waals surface area contributed by atoms with Crippen molar-refractivity contribution < 1.29 is 23.8 Å². The molecule has 4 aromatic rings. The van der Waals surface area contributed by atoms with Gasteiger partial charge < -0.3 is 14.6 Å². The highest BCUT2D eigenvalue weighted by Crippen LogP contribution is 2.44. The zero-order valence-electron chi connectivity index (χ0n) is 26.4. The summed E-state index contributed by atoms with van der Waals surface area (Å²) in [5.41, 5.74) is 26.1. The van der Waals surface area contributed by atoms with E-state index in [4.69, 9.17) is 25.1 Å². The highest BCUT2D eigenvalue weighted by molar-refractivity contribution is 6.01. The largest absolute Gasteiger partial charge is 0.494 e. The van der Waals surface area contributed by atoms with Crippen LogP contribution in [0.25, 0.3) is 20.9 Å². The van der Waals surface area contributed by atoms with E-state index in [2.05, 4.69) is 30.9 Å². The van der Waals surface area contributed by atoms with Crippen molar-refractivity contribution in [3.8, 4) is 5.75 Å². The molecule has 0 aliphatic carbocycles. The maximum absolute atomic E-state index is 14.5. The van der Waals surface area contributed by atoms with E-state index in [9.17, 15) is 14.7 Å². The van der Waals surface area contributed by atoms with E-state index in [-0.39, 0.29) is 31.3 Å². The second-order valence-corrected chi connectivity index (χ2v) is 11.1. The third-order valence-electron chi connectivity index (χ3n) is 7.93. The monoisotopic (exact) mass is 663 g/mol. The summed E-state index contributed by atoms with van der Waals surface area (Å²) in [6, 6.07) is 27.2. The van der Waals surface area contributed by atoms with Gasteiger partial charge in [-0.3, -0.25) is 10.2 Å². The first-order chi connectivity index (χ1) is 24.0. The van der Waals surface area contributed by atoms with Crippen LogP contribution in [0.1, 0.15) is 40.3 Å². The van der Waals surface area contributed by atoms with Gasteiger partial charge in [0.1, 0.15) is 11.6 Å². The van der Waals surface area contributed by atoms with Crippen LogP contribution in [0.5, 0.6) is 5.75 Å². The summed E-state index contributed by atoms with van der Waals surface area (Å²) in [6.45, 7) is 0.694. The second-order valence-electron chi connectivity index (χ2n) is 11.1. The Balaban J connectivity index is 1.57. The molecule has 1 amide bonds. The first kappa shape index (κ1) is 34.4. The summed E-state index contributed by atoms with van der Waals surface area (Å²) in [7, 11) is 0. The van der Waals surface area contributed by atoms with Gasteiger partial charge in [0.15, 0.2) is 11.6 Å². The summed E-state index contributed by atoms with van der Waals surface area (Å²) in [6.07, 6.45) is -0.0451. The van der Waals surface area contributed by atoms with Crippen LogP contribution in [-0.4, -0.2) is 42.2 Å². The van der Waals surface area contributed by atoms with Crippen molar-refractivity contribution in [1.82, 2.24) is 10.9 Å². The summed E-state index contributed by atoms with van der Waals surface area (Å²) in [4.78, 5) is 25.4. The van der Waals surface area contributed by atoms with Gasteiger partial charge in [-0.05, 0) is 76.1 Å². The van der Waals surface area contributed by atoms with Gasteiger partial charge in [0.05, 0.1) is 13.2 Å². The molecule has 1 aliphatic heterocycles. The van der Waals surface area contributed by atoms with Crippen molar-refractivity contribution in [1.29, 1.82) is 0 Å². The molecule has 0 radical (unpaired) electrons. The number of aliphatic hydroxyl groups is 1. The number of halogens is 1. The predicted octanol–water partition coefficient (Wildman–Crippen LogP) is 6.70. The number of hydrogen-bond acceptors (Lipinski definition) is 8. The Bertz CT molecular complexity index is 1870. The number of carbonyl (C=O) groups excluding carboxylic acids is 1. The Morgan fingerprint density at radius 3 is 2.45 bits per heavy atom. The van der Waals surface area contributed by atoms with Crippen molar-refractivity contribution >= 4 is 17.5 Å². The fourth-order valence-corrected chi connectivity index (χ4v) is 5.51. The van der Waals surface area contributed by atoms with E-state index in [1.807, 2.05) is 0 Å². The van der Waals surface area contributed by atoms with Crippen molar-refractivity contribution in [3.05, 3.63) is 152 Å². The molecule has 1 heterocycles. The first-order valence-electron chi connectivity index (χ1n) is 15.6. The molecule has 0 unspecified atom stereocenters. The normalized spacial score (nSPS) is 16.4. The van der Waals surface area contributed by atoms with E-state index < -0.39 is 17.6 Å². The zero-order valence-corrected chi connectivity index (χ0v) is 26.4. The van der Waals surface area contributed by atoms with Crippen LogP contribution in [0.3, 0.4) is 0 Å². The lowest BCUT2D eigenvalue weighted by molar-refractivity contribution is -0.130. The molecule has 3 N–H and O–H groups in total. The minimum Gasteiger partial charge on any atom is -0.494 e. The Kier molecular flexibility index (Phi) is 11.8. The molecule has 5 rings (SSSR count). The third-order valence-corrected chi connectivity index (χ3v) is 7.93. The Hall–Kier alpha value is -5.91. The van der Waals surface area contributed by atoms with E-state index >= 15 is 0 Å². The fourth-order valence-electron chi connectivity index (χ4n) is 5.51. The smallest absolute Gasteiger partial charge is 0.266 e. The Morgan fingerprint density at radius 2 is 1.71 bits per heavy atom. The minimum absolute atomic E-state index is 0.00464. The molecule has 13 nitrogen and oxygen atoms in total. The van der Waals surface area contributed by atoms with Crippen LogP contribution >= 0.6 is 0 Å². The number of hydrogen-bond donors (Lipinski definition) is 3. The lowest BCUT2D eigenvalue weighted by Gasteiger charge is -2.32. The number of nitrogens with zero attached hydrogens (tertiary/aromatic N) is 7. The van der Waals surface area contributed by atoms with Crippen molar-refractivity contribution in [2.24, 2.45) is 15.2 Å². The van der Waals surface area contributed by atoms with Gasteiger partial charge in [0.2, 0.25) is 5.90 Å². The topological polar surface area (TPSA) is 190 Å². The standard InChI is InChI=1S/C35H34FN9O4/c36-28-14-10-24(11-15-28)18-19-39-43-34(47)35(22-26-6-2-4-9-31(26)42-45-38)32(30-8-3-1-7-27(30)23-40-44-37)49-33(41-35)25-12-16-29(17-13-25)48-21-5-20-46/h1-4,6-17,32,39,46H,5,18-23H2,(H,43,47)/t32-,35-/m0/s1. The van der Waals surface area contributed by atoms with Gasteiger partial charge in [-0.2, -0.15) is 0 Å². The molecule has 2 atom stereocenters. The van der Waals surface area contributed by atoms with Crippen molar-refractivity contribution in [2.45, 2.75) is 37.5 Å². The maximum atomic E-state index is 14.5. The quantitative estimate of drug-likeness (QED) is 0.0394. The number of rotatable bonds is 16. The fraction of sp³-hybridized carbons (Fsp3) is 0.257. The van der Waals surface area contributed by atoms with E-state index in [1.165, 1.54) is 12.1 Å². The molecule has 1 aliphatic rings. The highest BCUT2D eigenvalue weighted by Gasteiger charge is 2.54. The second kappa shape index (κ2) is 16.8.